The van der Waals surface area contributed by atoms with E-state index in [1.165, 1.54) is 0 Å². The molecule has 1 fully saturated rings. The second-order valence-electron chi connectivity index (χ2n) is 8.77. The van der Waals surface area contributed by atoms with Gasteiger partial charge in [-0.25, -0.2) is 0 Å². The Balaban J connectivity index is 2.08. The number of aromatic hydroxyl groups is 2. The zero-order valence-electron chi connectivity index (χ0n) is 15.9. The smallest absolute Gasteiger partial charge is 0.138 e. The number of phenols is 2. The van der Waals surface area contributed by atoms with Crippen LogP contribution in [0.5, 0.6) is 11.5 Å². The van der Waals surface area contributed by atoms with Gasteiger partial charge in [-0.1, -0.05) is 32.9 Å². The van der Waals surface area contributed by atoms with Crippen LogP contribution in [0, 0.1) is 11.3 Å². The Morgan fingerprint density at radius 3 is 1.62 bits per heavy atom. The van der Waals surface area contributed by atoms with E-state index in [0.717, 1.165) is 36.8 Å². The minimum atomic E-state index is -0.203. The number of benzene rings is 2. The van der Waals surface area contributed by atoms with Gasteiger partial charge >= 0.3 is 0 Å². The van der Waals surface area contributed by atoms with Gasteiger partial charge in [0.1, 0.15) is 11.5 Å². The van der Waals surface area contributed by atoms with E-state index in [1.807, 2.05) is 24.3 Å². The highest BCUT2D eigenvalue weighted by atomic mass is 16.3. The molecule has 0 heterocycles. The number of anilines is 2. The Bertz CT molecular complexity index is 747. The molecular formula is C22H30N2O2. The van der Waals surface area contributed by atoms with E-state index in [9.17, 15) is 10.2 Å². The molecular weight excluding hydrogens is 324 g/mol. The van der Waals surface area contributed by atoms with Gasteiger partial charge in [-0.2, -0.15) is 0 Å². The maximum Gasteiger partial charge on any atom is 0.138 e. The number of hydrogen-bond donors (Lipinski definition) is 4. The van der Waals surface area contributed by atoms with Gasteiger partial charge in [0.2, 0.25) is 0 Å². The third-order valence-corrected chi connectivity index (χ3v) is 6.22. The van der Waals surface area contributed by atoms with Gasteiger partial charge in [0.05, 0.1) is 11.4 Å². The number of phenolic OH excluding ortho intramolecular Hbond substituents is 2. The summed E-state index contributed by atoms with van der Waals surface area (Å²) in [5.74, 6) is 0.884. The molecule has 4 nitrogen and oxygen atoms in total. The van der Waals surface area contributed by atoms with E-state index in [1.54, 1.807) is 12.1 Å². The first-order valence-electron chi connectivity index (χ1n) is 9.31. The van der Waals surface area contributed by atoms with Crippen LogP contribution in [0.4, 0.5) is 11.4 Å². The van der Waals surface area contributed by atoms with Crippen LogP contribution >= 0.6 is 0 Å². The Hall–Kier alpha value is -2.36. The molecule has 26 heavy (non-hydrogen) atoms. The molecule has 3 rings (SSSR count). The summed E-state index contributed by atoms with van der Waals surface area (Å²) < 4.78 is 0. The first-order chi connectivity index (χ1) is 12.1. The van der Waals surface area contributed by atoms with Crippen LogP contribution in [0.2, 0.25) is 0 Å². The number of nitrogens with two attached hydrogens (primary N) is 2. The predicted molar refractivity (Wildman–Crippen MR) is 107 cm³/mol. The first kappa shape index (κ1) is 18.4. The molecule has 0 aliphatic heterocycles. The van der Waals surface area contributed by atoms with Crippen molar-refractivity contribution in [3.8, 4) is 11.5 Å². The molecule has 0 aromatic heterocycles. The lowest BCUT2D eigenvalue weighted by atomic mass is 9.59. The second-order valence-corrected chi connectivity index (χ2v) is 8.77. The zero-order valence-corrected chi connectivity index (χ0v) is 15.9. The molecule has 6 N–H and O–H groups in total. The van der Waals surface area contributed by atoms with Gasteiger partial charge < -0.3 is 21.7 Å². The predicted octanol–water partition coefficient (Wildman–Crippen LogP) is 4.78. The first-order valence-corrected chi connectivity index (χ1v) is 9.31. The third-order valence-electron chi connectivity index (χ3n) is 6.22. The Morgan fingerprint density at radius 2 is 1.27 bits per heavy atom. The Kier molecular flexibility index (Phi) is 4.55. The summed E-state index contributed by atoms with van der Waals surface area (Å²) in [6.07, 6.45) is 4.21. The summed E-state index contributed by atoms with van der Waals surface area (Å²) in [5, 5.41) is 19.7. The second kappa shape index (κ2) is 6.42. The van der Waals surface area contributed by atoms with E-state index in [-0.39, 0.29) is 22.3 Å². The molecule has 140 valence electrons. The molecule has 4 heteroatoms. The lowest BCUT2D eigenvalue weighted by molar-refractivity contribution is 0.146. The fraction of sp³-hybridized carbons (Fsp3) is 0.455. The van der Waals surface area contributed by atoms with E-state index >= 15 is 0 Å². The van der Waals surface area contributed by atoms with Gasteiger partial charge in [-0.3, -0.25) is 0 Å². The van der Waals surface area contributed by atoms with Gasteiger partial charge in [-0.15, -0.1) is 0 Å². The van der Waals surface area contributed by atoms with Crippen LogP contribution in [-0.4, -0.2) is 10.2 Å². The normalized spacial score (nSPS) is 18.0. The molecule has 0 radical (unpaired) electrons. The van der Waals surface area contributed by atoms with E-state index < -0.39 is 0 Å². The molecule has 0 amide bonds. The average Bonchev–Trinajstić information content (AvgIpc) is 2.59. The molecule has 0 atom stereocenters. The lowest BCUT2D eigenvalue weighted by Crippen LogP contribution is -2.36. The molecule has 0 unspecified atom stereocenters. The molecule has 1 aliphatic rings. The largest absolute Gasteiger partial charge is 0.506 e. The minimum Gasteiger partial charge on any atom is -0.506 e. The Morgan fingerprint density at radius 1 is 0.846 bits per heavy atom. The van der Waals surface area contributed by atoms with Crippen LogP contribution in [0.15, 0.2) is 36.4 Å². The summed E-state index contributed by atoms with van der Waals surface area (Å²) in [6.45, 7) is 6.92. The maximum atomic E-state index is 9.85. The van der Waals surface area contributed by atoms with Gasteiger partial charge in [0.15, 0.2) is 0 Å². The summed E-state index contributed by atoms with van der Waals surface area (Å²) in [5.41, 5.74) is 15.1. The molecule has 2 aromatic rings. The van der Waals surface area contributed by atoms with Crippen LogP contribution in [-0.2, 0) is 5.41 Å². The zero-order chi connectivity index (χ0) is 19.1. The molecule has 0 spiro atoms. The molecule has 2 aromatic carbocycles. The minimum absolute atomic E-state index is 0.109. The highest BCUT2D eigenvalue weighted by Crippen LogP contribution is 2.51. The quantitative estimate of drug-likeness (QED) is 0.461. The monoisotopic (exact) mass is 354 g/mol. The van der Waals surface area contributed by atoms with E-state index in [2.05, 4.69) is 20.8 Å². The third kappa shape index (κ3) is 3.20. The molecule has 0 bridgehead atoms. The standard InChI is InChI=1S/C22H30N2O2/c1-21(2,3)14-8-10-22(11-9-14,15-4-6-19(25)17(23)12-15)16-5-7-20(26)18(24)13-16/h4-7,12-14,25-26H,8-11,23-24H2,1-3H3. The molecule has 1 aliphatic carbocycles. The van der Waals surface area contributed by atoms with Gasteiger partial charge in [0.25, 0.3) is 0 Å². The van der Waals surface area contributed by atoms with Crippen LogP contribution in [0.25, 0.3) is 0 Å². The topological polar surface area (TPSA) is 92.5 Å². The molecule has 1 saturated carbocycles. The summed E-state index contributed by atoms with van der Waals surface area (Å²) in [4.78, 5) is 0. The van der Waals surface area contributed by atoms with Crippen molar-refractivity contribution in [1.29, 1.82) is 0 Å². The highest BCUT2D eigenvalue weighted by molar-refractivity contribution is 5.59. The number of nitrogen functional groups attached to an aromatic ring is 2. The maximum absolute atomic E-state index is 9.85. The van der Waals surface area contributed by atoms with Crippen molar-refractivity contribution in [3.63, 3.8) is 0 Å². The van der Waals surface area contributed by atoms with Crippen LogP contribution in [0.1, 0.15) is 57.6 Å². The lowest BCUT2D eigenvalue weighted by Gasteiger charge is -2.45. The van der Waals surface area contributed by atoms with Crippen LogP contribution in [0.3, 0.4) is 0 Å². The van der Waals surface area contributed by atoms with Gasteiger partial charge in [0, 0.05) is 5.41 Å². The summed E-state index contributed by atoms with van der Waals surface area (Å²) in [6, 6.07) is 11.0. The van der Waals surface area contributed by atoms with Crippen LogP contribution < -0.4 is 11.5 Å². The SMILES string of the molecule is CC(C)(C)C1CCC(c2ccc(O)c(N)c2)(c2ccc(O)c(N)c2)CC1. The van der Waals surface area contributed by atoms with Gasteiger partial charge in [-0.05, 0) is 72.4 Å². The van der Waals surface area contributed by atoms with Crippen molar-refractivity contribution < 1.29 is 10.2 Å². The van der Waals surface area contributed by atoms with E-state index in [0.29, 0.717) is 17.3 Å². The van der Waals surface area contributed by atoms with Crippen molar-refractivity contribution >= 4 is 11.4 Å². The van der Waals surface area contributed by atoms with Crippen molar-refractivity contribution in [2.75, 3.05) is 11.5 Å². The van der Waals surface area contributed by atoms with Crippen molar-refractivity contribution in [2.24, 2.45) is 11.3 Å². The van der Waals surface area contributed by atoms with Crippen molar-refractivity contribution in [2.45, 2.75) is 51.9 Å². The van der Waals surface area contributed by atoms with Crippen molar-refractivity contribution in [3.05, 3.63) is 47.5 Å². The summed E-state index contributed by atoms with van der Waals surface area (Å²) >= 11 is 0. The Labute approximate surface area is 155 Å². The van der Waals surface area contributed by atoms with Crippen molar-refractivity contribution in [1.82, 2.24) is 0 Å². The number of rotatable bonds is 2. The average molecular weight is 354 g/mol. The highest BCUT2D eigenvalue weighted by Gasteiger charge is 2.41. The fourth-order valence-electron chi connectivity index (χ4n) is 4.43. The summed E-state index contributed by atoms with van der Waals surface area (Å²) in [7, 11) is 0. The fourth-order valence-corrected chi connectivity index (χ4v) is 4.43. The molecule has 0 saturated heterocycles. The van der Waals surface area contributed by atoms with E-state index in [4.69, 9.17) is 11.5 Å². The number of hydrogen-bond acceptors (Lipinski definition) is 4.